The molecule has 3 atom stereocenters. The number of thioether (sulfide) groups is 1. The minimum absolute atomic E-state index is 0.0567. The van der Waals surface area contributed by atoms with Crippen molar-refractivity contribution in [2.45, 2.75) is 43.6 Å². The first-order valence-electron chi connectivity index (χ1n) is 7.46. The van der Waals surface area contributed by atoms with Gasteiger partial charge in [0.2, 0.25) is 5.91 Å². The SMILES string of the molecule is CC1NC(Cc2ccccc2)C(=O)N1CC1CCCS1. The largest absolute Gasteiger partial charge is 0.325 e. The Labute approximate surface area is 125 Å². The van der Waals surface area contributed by atoms with Crippen molar-refractivity contribution < 1.29 is 4.79 Å². The maximum Gasteiger partial charge on any atom is 0.241 e. The Morgan fingerprint density at radius 3 is 2.85 bits per heavy atom. The summed E-state index contributed by atoms with van der Waals surface area (Å²) >= 11 is 2.02. The number of hydrogen-bond donors (Lipinski definition) is 1. The van der Waals surface area contributed by atoms with Crippen LogP contribution in [0.5, 0.6) is 0 Å². The summed E-state index contributed by atoms with van der Waals surface area (Å²) in [5.41, 5.74) is 1.22. The van der Waals surface area contributed by atoms with Crippen LogP contribution in [0.15, 0.2) is 30.3 Å². The predicted molar refractivity (Wildman–Crippen MR) is 83.7 cm³/mol. The highest BCUT2D eigenvalue weighted by atomic mass is 32.2. The molecule has 0 spiro atoms. The number of amides is 1. The van der Waals surface area contributed by atoms with Crippen LogP contribution in [0.4, 0.5) is 0 Å². The fraction of sp³-hybridized carbons (Fsp3) is 0.562. The van der Waals surface area contributed by atoms with Crippen molar-refractivity contribution in [3.05, 3.63) is 35.9 Å². The number of rotatable bonds is 4. The van der Waals surface area contributed by atoms with E-state index in [9.17, 15) is 4.79 Å². The maximum atomic E-state index is 12.6. The summed E-state index contributed by atoms with van der Waals surface area (Å²) in [4.78, 5) is 14.6. The molecule has 2 saturated heterocycles. The van der Waals surface area contributed by atoms with Crippen molar-refractivity contribution in [2.24, 2.45) is 0 Å². The van der Waals surface area contributed by atoms with Crippen LogP contribution in [0.3, 0.4) is 0 Å². The first-order valence-corrected chi connectivity index (χ1v) is 8.51. The van der Waals surface area contributed by atoms with Gasteiger partial charge in [0.1, 0.15) is 0 Å². The minimum atomic E-state index is -0.0567. The molecule has 1 amide bonds. The standard InChI is InChI=1S/C16H22N2OS/c1-12-17-15(10-13-6-3-2-4-7-13)16(19)18(12)11-14-8-5-9-20-14/h2-4,6-7,12,14-15,17H,5,8-11H2,1H3. The third kappa shape index (κ3) is 3.01. The van der Waals surface area contributed by atoms with Gasteiger partial charge >= 0.3 is 0 Å². The Hall–Kier alpha value is -1.00. The Bertz CT molecular complexity index is 459. The van der Waals surface area contributed by atoms with Crippen molar-refractivity contribution >= 4 is 17.7 Å². The molecule has 2 aliphatic rings. The minimum Gasteiger partial charge on any atom is -0.325 e. The van der Waals surface area contributed by atoms with Gasteiger partial charge in [-0.3, -0.25) is 10.1 Å². The Morgan fingerprint density at radius 1 is 1.35 bits per heavy atom. The van der Waals surface area contributed by atoms with Gasteiger partial charge in [-0.2, -0.15) is 11.8 Å². The first-order chi connectivity index (χ1) is 9.74. The zero-order valence-corrected chi connectivity index (χ0v) is 12.7. The molecule has 4 heteroatoms. The van der Waals surface area contributed by atoms with E-state index in [1.807, 2.05) is 34.9 Å². The van der Waals surface area contributed by atoms with Crippen LogP contribution < -0.4 is 5.32 Å². The summed E-state index contributed by atoms with van der Waals surface area (Å²) in [6.45, 7) is 3.01. The van der Waals surface area contributed by atoms with Gasteiger partial charge in [-0.15, -0.1) is 0 Å². The predicted octanol–water partition coefficient (Wildman–Crippen LogP) is 2.27. The molecular formula is C16H22N2OS. The zero-order chi connectivity index (χ0) is 13.9. The molecule has 1 N–H and O–H groups in total. The van der Waals surface area contributed by atoms with Gasteiger partial charge in [0, 0.05) is 11.8 Å². The molecule has 0 aromatic heterocycles. The Balaban J connectivity index is 1.62. The van der Waals surface area contributed by atoms with E-state index >= 15 is 0 Å². The molecule has 3 rings (SSSR count). The molecule has 20 heavy (non-hydrogen) atoms. The van der Waals surface area contributed by atoms with Gasteiger partial charge in [-0.1, -0.05) is 30.3 Å². The molecule has 0 saturated carbocycles. The molecule has 1 aromatic rings. The van der Waals surface area contributed by atoms with Gasteiger partial charge in [0.25, 0.3) is 0 Å². The monoisotopic (exact) mass is 290 g/mol. The lowest BCUT2D eigenvalue weighted by atomic mass is 10.1. The van der Waals surface area contributed by atoms with E-state index in [2.05, 4.69) is 24.4 Å². The Morgan fingerprint density at radius 2 is 2.15 bits per heavy atom. The molecule has 0 bridgehead atoms. The second-order valence-corrected chi connectivity index (χ2v) is 7.12. The normalized spacial score (nSPS) is 30.1. The molecule has 2 heterocycles. The number of benzene rings is 1. The number of nitrogens with zero attached hydrogens (tertiary/aromatic N) is 1. The van der Waals surface area contributed by atoms with E-state index in [0.717, 1.165) is 13.0 Å². The van der Waals surface area contributed by atoms with E-state index in [4.69, 9.17) is 0 Å². The highest BCUT2D eigenvalue weighted by molar-refractivity contribution is 8.00. The molecule has 3 nitrogen and oxygen atoms in total. The van der Waals surface area contributed by atoms with Gasteiger partial charge < -0.3 is 4.90 Å². The fourth-order valence-electron chi connectivity index (χ4n) is 3.10. The van der Waals surface area contributed by atoms with Crippen LogP contribution in [0.25, 0.3) is 0 Å². The number of nitrogens with one attached hydrogen (secondary N) is 1. The molecule has 0 aliphatic carbocycles. The van der Waals surface area contributed by atoms with Gasteiger partial charge in [0.15, 0.2) is 0 Å². The van der Waals surface area contributed by atoms with Gasteiger partial charge in [0.05, 0.1) is 12.2 Å². The third-order valence-corrected chi connectivity index (χ3v) is 5.58. The first kappa shape index (κ1) is 14.0. The lowest BCUT2D eigenvalue weighted by Crippen LogP contribution is -2.38. The fourth-order valence-corrected chi connectivity index (χ4v) is 4.36. The summed E-state index contributed by atoms with van der Waals surface area (Å²) in [6, 6.07) is 10.2. The van der Waals surface area contributed by atoms with Crippen molar-refractivity contribution in [2.75, 3.05) is 12.3 Å². The van der Waals surface area contributed by atoms with Gasteiger partial charge in [-0.05, 0) is 37.5 Å². The lowest BCUT2D eigenvalue weighted by Gasteiger charge is -2.23. The van der Waals surface area contributed by atoms with Gasteiger partial charge in [-0.25, -0.2) is 0 Å². The molecule has 0 radical (unpaired) electrons. The van der Waals surface area contributed by atoms with E-state index in [-0.39, 0.29) is 18.1 Å². The molecule has 2 aliphatic heterocycles. The quantitative estimate of drug-likeness (QED) is 0.923. The van der Waals surface area contributed by atoms with Crippen molar-refractivity contribution in [3.8, 4) is 0 Å². The zero-order valence-electron chi connectivity index (χ0n) is 11.9. The average molecular weight is 290 g/mol. The molecular weight excluding hydrogens is 268 g/mol. The highest BCUT2D eigenvalue weighted by Crippen LogP contribution is 2.28. The van der Waals surface area contributed by atoms with Crippen LogP contribution in [-0.2, 0) is 11.2 Å². The van der Waals surface area contributed by atoms with E-state index < -0.39 is 0 Å². The summed E-state index contributed by atoms with van der Waals surface area (Å²) in [5.74, 6) is 1.52. The average Bonchev–Trinajstić information content (AvgIpc) is 3.05. The van der Waals surface area contributed by atoms with Crippen molar-refractivity contribution in [3.63, 3.8) is 0 Å². The smallest absolute Gasteiger partial charge is 0.241 e. The summed E-state index contributed by atoms with van der Waals surface area (Å²) < 4.78 is 0. The van der Waals surface area contributed by atoms with Crippen LogP contribution in [0, 0.1) is 0 Å². The van der Waals surface area contributed by atoms with E-state index in [1.54, 1.807) is 0 Å². The number of carbonyl (C=O) groups excluding carboxylic acids is 1. The molecule has 3 unspecified atom stereocenters. The second kappa shape index (κ2) is 6.19. The third-order valence-electron chi connectivity index (χ3n) is 4.20. The molecule has 1 aromatic carbocycles. The molecule has 108 valence electrons. The summed E-state index contributed by atoms with van der Waals surface area (Å²) in [7, 11) is 0. The van der Waals surface area contributed by atoms with Crippen LogP contribution in [-0.4, -0.2) is 40.6 Å². The van der Waals surface area contributed by atoms with Crippen molar-refractivity contribution in [1.29, 1.82) is 0 Å². The lowest BCUT2D eigenvalue weighted by molar-refractivity contribution is -0.129. The Kier molecular flexibility index (Phi) is 4.32. The maximum absolute atomic E-state index is 12.6. The number of hydrogen-bond acceptors (Lipinski definition) is 3. The summed E-state index contributed by atoms with van der Waals surface area (Å²) in [5, 5.41) is 4.08. The number of carbonyl (C=O) groups is 1. The van der Waals surface area contributed by atoms with E-state index in [1.165, 1.54) is 24.2 Å². The van der Waals surface area contributed by atoms with Crippen LogP contribution >= 0.6 is 11.8 Å². The molecule has 2 fully saturated rings. The topological polar surface area (TPSA) is 32.3 Å². The van der Waals surface area contributed by atoms with Crippen LogP contribution in [0.2, 0.25) is 0 Å². The second-order valence-electron chi connectivity index (χ2n) is 5.71. The highest BCUT2D eigenvalue weighted by Gasteiger charge is 2.37. The van der Waals surface area contributed by atoms with Crippen LogP contribution in [0.1, 0.15) is 25.3 Å². The summed E-state index contributed by atoms with van der Waals surface area (Å²) in [6.07, 6.45) is 3.51. The van der Waals surface area contributed by atoms with Crippen molar-refractivity contribution in [1.82, 2.24) is 10.2 Å². The van der Waals surface area contributed by atoms with E-state index in [0.29, 0.717) is 5.25 Å².